The Balaban J connectivity index is 2.21. The average Bonchev–Trinajstić information content (AvgIpc) is 2.18. The molecule has 0 aliphatic carbocycles. The summed E-state index contributed by atoms with van der Waals surface area (Å²) in [6, 6.07) is 0.679. The van der Waals surface area contributed by atoms with E-state index in [-0.39, 0.29) is 0 Å². The molecule has 0 unspecified atom stereocenters. The molecule has 1 N–H and O–H groups in total. The van der Waals surface area contributed by atoms with Gasteiger partial charge in [0.1, 0.15) is 5.72 Å². The van der Waals surface area contributed by atoms with Gasteiger partial charge in [0.05, 0.1) is 0 Å². The summed E-state index contributed by atoms with van der Waals surface area (Å²) in [4.78, 5) is 2.16. The topological polar surface area (TPSA) is 23.5 Å². The van der Waals surface area contributed by atoms with Gasteiger partial charge in [-0.2, -0.15) is 0 Å². The van der Waals surface area contributed by atoms with Gasteiger partial charge in [0.25, 0.3) is 0 Å². The largest absolute Gasteiger partial charge is 0.376 e. The van der Waals surface area contributed by atoms with Crippen LogP contribution >= 0.6 is 0 Å². The van der Waals surface area contributed by atoms with Crippen LogP contribution in [0.1, 0.15) is 32.1 Å². The van der Waals surface area contributed by atoms with Crippen molar-refractivity contribution in [3.63, 3.8) is 0 Å². The normalized spacial score (nSPS) is 48.0. The first kappa shape index (κ1) is 6.62. The number of piperidine rings is 1. The maximum absolute atomic E-state index is 9.92. The Morgan fingerprint density at radius 3 is 2.80 bits per heavy atom. The zero-order chi connectivity index (χ0) is 7.19. The van der Waals surface area contributed by atoms with Gasteiger partial charge in [0, 0.05) is 6.04 Å². The minimum Gasteiger partial charge on any atom is -0.376 e. The van der Waals surface area contributed by atoms with E-state index in [1.54, 1.807) is 0 Å². The molecule has 58 valence electrons. The van der Waals surface area contributed by atoms with Crippen LogP contribution in [-0.4, -0.2) is 28.8 Å². The van der Waals surface area contributed by atoms with Gasteiger partial charge in [-0.3, -0.25) is 4.90 Å². The van der Waals surface area contributed by atoms with Crippen LogP contribution in [0.3, 0.4) is 0 Å². The maximum atomic E-state index is 9.92. The number of nitrogens with zero attached hydrogens (tertiary/aromatic N) is 1. The third-order valence-corrected chi connectivity index (χ3v) is 3.20. The summed E-state index contributed by atoms with van der Waals surface area (Å²) < 4.78 is 0. The molecule has 2 aliphatic heterocycles. The van der Waals surface area contributed by atoms with Crippen LogP contribution in [0.4, 0.5) is 0 Å². The molecule has 2 heteroatoms. The van der Waals surface area contributed by atoms with Gasteiger partial charge in [-0.05, 0) is 39.2 Å². The fourth-order valence-corrected chi connectivity index (χ4v) is 2.37. The van der Waals surface area contributed by atoms with Gasteiger partial charge in [0.2, 0.25) is 0 Å². The number of hydrogen-bond donors (Lipinski definition) is 1. The number of fused-ring (bicyclic) bond motifs is 2. The van der Waals surface area contributed by atoms with Crippen molar-refractivity contribution in [2.45, 2.75) is 43.9 Å². The van der Waals surface area contributed by atoms with E-state index in [9.17, 15) is 5.11 Å². The minimum atomic E-state index is -0.414. The van der Waals surface area contributed by atoms with Gasteiger partial charge < -0.3 is 5.11 Å². The second-order valence-electron chi connectivity index (χ2n) is 3.68. The SMILES string of the molecule is CN1[C@@H]2CCC[C@]1(O)CC2. The Kier molecular flexibility index (Phi) is 1.29. The highest BCUT2D eigenvalue weighted by molar-refractivity contribution is 4.94. The van der Waals surface area contributed by atoms with E-state index < -0.39 is 5.72 Å². The molecule has 2 saturated heterocycles. The highest BCUT2D eigenvalue weighted by Gasteiger charge is 2.44. The number of aliphatic hydroxyl groups is 1. The van der Waals surface area contributed by atoms with E-state index in [1.807, 2.05) is 0 Å². The van der Waals surface area contributed by atoms with Gasteiger partial charge in [-0.1, -0.05) is 0 Å². The van der Waals surface area contributed by atoms with Crippen molar-refractivity contribution in [1.29, 1.82) is 0 Å². The van der Waals surface area contributed by atoms with Crippen LogP contribution < -0.4 is 0 Å². The fraction of sp³-hybridized carbons (Fsp3) is 1.00. The highest BCUT2D eigenvalue weighted by atomic mass is 16.3. The molecular formula is C8H15NO. The van der Waals surface area contributed by atoms with Crippen LogP contribution in [0, 0.1) is 0 Å². The van der Waals surface area contributed by atoms with E-state index in [2.05, 4.69) is 11.9 Å². The van der Waals surface area contributed by atoms with Crippen LogP contribution in [-0.2, 0) is 0 Å². The third kappa shape index (κ3) is 0.722. The molecule has 0 saturated carbocycles. The first-order valence-corrected chi connectivity index (χ1v) is 4.18. The lowest BCUT2D eigenvalue weighted by Gasteiger charge is -2.38. The lowest BCUT2D eigenvalue weighted by atomic mass is 10.0. The smallest absolute Gasteiger partial charge is 0.118 e. The molecule has 2 fully saturated rings. The summed E-state index contributed by atoms with van der Waals surface area (Å²) in [6.07, 6.45) is 5.69. The maximum Gasteiger partial charge on any atom is 0.118 e. The number of hydrogen-bond acceptors (Lipinski definition) is 2. The predicted octanol–water partition coefficient (Wildman–Crippen LogP) is 0.953. The van der Waals surface area contributed by atoms with Crippen molar-refractivity contribution in [2.24, 2.45) is 0 Å². The average molecular weight is 141 g/mol. The van der Waals surface area contributed by atoms with Gasteiger partial charge in [0.15, 0.2) is 0 Å². The molecule has 0 spiro atoms. The lowest BCUT2D eigenvalue weighted by molar-refractivity contribution is -0.104. The van der Waals surface area contributed by atoms with Crippen LogP contribution in [0.2, 0.25) is 0 Å². The predicted molar refractivity (Wildman–Crippen MR) is 39.6 cm³/mol. The molecule has 0 aromatic carbocycles. The molecule has 2 bridgehead atoms. The van der Waals surface area contributed by atoms with E-state index in [4.69, 9.17) is 0 Å². The van der Waals surface area contributed by atoms with Crippen molar-refractivity contribution in [3.8, 4) is 0 Å². The molecule has 0 amide bonds. The first-order chi connectivity index (χ1) is 4.72. The molecule has 10 heavy (non-hydrogen) atoms. The minimum absolute atomic E-state index is 0.414. The second kappa shape index (κ2) is 1.95. The zero-order valence-electron chi connectivity index (χ0n) is 6.51. The van der Waals surface area contributed by atoms with Crippen molar-refractivity contribution < 1.29 is 5.11 Å². The molecule has 2 heterocycles. The number of rotatable bonds is 0. The first-order valence-electron chi connectivity index (χ1n) is 4.18. The van der Waals surface area contributed by atoms with E-state index in [0.717, 1.165) is 12.8 Å². The summed E-state index contributed by atoms with van der Waals surface area (Å²) in [6.45, 7) is 0. The Labute approximate surface area is 61.8 Å². The van der Waals surface area contributed by atoms with Crippen LogP contribution in [0.5, 0.6) is 0 Å². The lowest BCUT2D eigenvalue weighted by Crippen LogP contribution is -2.47. The Bertz CT molecular complexity index is 144. The molecule has 0 aromatic heterocycles. The monoisotopic (exact) mass is 141 g/mol. The summed E-state index contributed by atoms with van der Waals surface area (Å²) in [7, 11) is 2.05. The van der Waals surface area contributed by atoms with Crippen molar-refractivity contribution >= 4 is 0 Å². The van der Waals surface area contributed by atoms with E-state index in [0.29, 0.717) is 6.04 Å². The molecular weight excluding hydrogens is 126 g/mol. The molecule has 2 atom stereocenters. The molecule has 0 aromatic rings. The Morgan fingerprint density at radius 2 is 2.20 bits per heavy atom. The fourth-order valence-electron chi connectivity index (χ4n) is 2.37. The van der Waals surface area contributed by atoms with Crippen LogP contribution in [0.15, 0.2) is 0 Å². The molecule has 2 aliphatic rings. The molecule has 2 nitrogen and oxygen atoms in total. The zero-order valence-corrected chi connectivity index (χ0v) is 6.51. The Morgan fingerprint density at radius 1 is 1.40 bits per heavy atom. The standard InChI is InChI=1S/C8H15NO/c1-9-7-3-2-5-8(9,10)6-4-7/h7,10H,2-6H2,1H3/t7-,8+/m1/s1. The van der Waals surface area contributed by atoms with E-state index >= 15 is 0 Å². The second-order valence-corrected chi connectivity index (χ2v) is 3.68. The quantitative estimate of drug-likeness (QED) is 0.543. The molecule has 0 radical (unpaired) electrons. The van der Waals surface area contributed by atoms with Crippen molar-refractivity contribution in [3.05, 3.63) is 0 Å². The Hall–Kier alpha value is -0.0800. The van der Waals surface area contributed by atoms with Crippen molar-refractivity contribution in [2.75, 3.05) is 7.05 Å². The van der Waals surface area contributed by atoms with Crippen LogP contribution in [0.25, 0.3) is 0 Å². The van der Waals surface area contributed by atoms with Gasteiger partial charge in [-0.15, -0.1) is 0 Å². The summed E-state index contributed by atoms with van der Waals surface area (Å²) in [5.74, 6) is 0. The highest BCUT2D eigenvalue weighted by Crippen LogP contribution is 2.40. The summed E-state index contributed by atoms with van der Waals surface area (Å²) >= 11 is 0. The van der Waals surface area contributed by atoms with E-state index in [1.165, 1.54) is 19.3 Å². The molecule has 2 rings (SSSR count). The van der Waals surface area contributed by atoms with Crippen molar-refractivity contribution in [1.82, 2.24) is 4.90 Å². The summed E-state index contributed by atoms with van der Waals surface area (Å²) in [5.41, 5.74) is -0.414. The third-order valence-electron chi connectivity index (χ3n) is 3.20. The van der Waals surface area contributed by atoms with Gasteiger partial charge >= 0.3 is 0 Å². The van der Waals surface area contributed by atoms with Gasteiger partial charge in [-0.25, -0.2) is 0 Å². The summed E-state index contributed by atoms with van der Waals surface area (Å²) in [5, 5.41) is 9.92.